The fourth-order valence-corrected chi connectivity index (χ4v) is 3.19. The van der Waals surface area contributed by atoms with E-state index in [0.29, 0.717) is 37.1 Å². The van der Waals surface area contributed by atoms with E-state index in [4.69, 9.17) is 21.1 Å². The maximum atomic E-state index is 6.34. The fraction of sp³-hybridized carbons (Fsp3) is 0.174. The van der Waals surface area contributed by atoms with Gasteiger partial charge in [0.05, 0.1) is 30.0 Å². The third-order valence-electron chi connectivity index (χ3n) is 4.77. The average Bonchev–Trinajstić information content (AvgIpc) is 2.80. The highest BCUT2D eigenvalue weighted by Gasteiger charge is 2.12. The van der Waals surface area contributed by atoms with Gasteiger partial charge in [0.2, 0.25) is 5.88 Å². The molecule has 8 heteroatoms. The van der Waals surface area contributed by atoms with Crippen molar-refractivity contribution in [2.24, 2.45) is 5.84 Å². The summed E-state index contributed by atoms with van der Waals surface area (Å²) >= 11 is 0. The lowest BCUT2D eigenvalue weighted by Gasteiger charge is -2.20. The zero-order valence-corrected chi connectivity index (χ0v) is 17.2. The minimum atomic E-state index is 0.445. The first-order valence-electron chi connectivity index (χ1n) is 9.84. The number of nitrogens with two attached hydrogens (primary N) is 2. The molecule has 0 aliphatic heterocycles. The summed E-state index contributed by atoms with van der Waals surface area (Å²) in [7, 11) is 1.63. The maximum absolute atomic E-state index is 6.34. The van der Waals surface area contributed by atoms with E-state index in [-0.39, 0.29) is 0 Å². The van der Waals surface area contributed by atoms with Crippen molar-refractivity contribution in [1.82, 2.24) is 15.0 Å². The normalized spacial score (nSPS) is 10.9. The summed E-state index contributed by atoms with van der Waals surface area (Å²) in [5.74, 6) is 7.37. The molecule has 1 aromatic carbocycles. The quantitative estimate of drug-likeness (QED) is 0.256. The summed E-state index contributed by atoms with van der Waals surface area (Å²) in [5, 5.41) is 2.61. The van der Waals surface area contributed by atoms with E-state index >= 15 is 0 Å². The number of nitrogen functional groups attached to an aromatic ring is 1. The van der Waals surface area contributed by atoms with Crippen LogP contribution in [-0.2, 0) is 11.3 Å². The zero-order chi connectivity index (χ0) is 21.6. The molecule has 0 amide bonds. The van der Waals surface area contributed by atoms with E-state index in [1.807, 2.05) is 36.4 Å². The van der Waals surface area contributed by atoms with E-state index in [1.165, 1.54) is 0 Å². The molecule has 3 heterocycles. The smallest absolute Gasteiger partial charge is 0.213 e. The molecule has 0 aliphatic rings. The van der Waals surface area contributed by atoms with Crippen molar-refractivity contribution in [1.29, 1.82) is 0 Å². The molecular weight excluding hydrogens is 392 g/mol. The summed E-state index contributed by atoms with van der Waals surface area (Å²) in [5.41, 5.74) is 10.2. The lowest BCUT2D eigenvalue weighted by molar-refractivity contribution is 0.144. The third-order valence-corrected chi connectivity index (χ3v) is 4.77. The van der Waals surface area contributed by atoms with Crippen LogP contribution in [0.2, 0.25) is 0 Å². The Balaban J connectivity index is 1.52. The molecule has 0 saturated carbocycles. The summed E-state index contributed by atoms with van der Waals surface area (Å²) in [6.07, 6.45) is 3.49. The van der Waals surface area contributed by atoms with Crippen molar-refractivity contribution in [3.05, 3.63) is 72.6 Å². The minimum absolute atomic E-state index is 0.445. The Hall–Kier alpha value is -3.75. The van der Waals surface area contributed by atoms with Crippen LogP contribution in [0.3, 0.4) is 0 Å². The van der Waals surface area contributed by atoms with Crippen molar-refractivity contribution in [3.63, 3.8) is 0 Å². The number of hydrazine groups is 1. The molecule has 4 aromatic rings. The van der Waals surface area contributed by atoms with Gasteiger partial charge in [-0.1, -0.05) is 12.1 Å². The summed E-state index contributed by atoms with van der Waals surface area (Å²) in [4.78, 5) is 13.3. The first-order valence-corrected chi connectivity index (χ1v) is 9.84. The predicted molar refractivity (Wildman–Crippen MR) is 121 cm³/mol. The lowest BCUT2D eigenvalue weighted by Crippen LogP contribution is -2.31. The van der Waals surface area contributed by atoms with Crippen molar-refractivity contribution < 1.29 is 9.47 Å². The van der Waals surface area contributed by atoms with E-state index in [9.17, 15) is 0 Å². The van der Waals surface area contributed by atoms with Crippen LogP contribution in [0.5, 0.6) is 5.88 Å². The molecule has 4 N–H and O–H groups in total. The standard InChI is InChI=1S/C23H24N6O2/c1-30-11-12-31-22-9-5-18(14-27-22)21-8-6-19(24)23(28-21)29(25)15-16-4-7-20-17(13-16)3-2-10-26-20/h2-10,13-14H,11-12,15,24-25H2,1H3. The number of rotatable bonds is 8. The Kier molecular flexibility index (Phi) is 6.21. The second-order valence-corrected chi connectivity index (χ2v) is 6.99. The Bertz CT molecular complexity index is 1170. The summed E-state index contributed by atoms with van der Waals surface area (Å²) in [6, 6.07) is 17.3. The van der Waals surface area contributed by atoms with E-state index in [1.54, 1.807) is 36.6 Å². The van der Waals surface area contributed by atoms with Gasteiger partial charge >= 0.3 is 0 Å². The molecule has 0 radical (unpaired) electrons. The summed E-state index contributed by atoms with van der Waals surface area (Å²) in [6.45, 7) is 1.41. The van der Waals surface area contributed by atoms with Gasteiger partial charge in [-0.3, -0.25) is 9.99 Å². The molecule has 0 aliphatic carbocycles. The number of nitrogens with zero attached hydrogens (tertiary/aromatic N) is 4. The van der Waals surface area contributed by atoms with Gasteiger partial charge in [-0.05, 0) is 42.0 Å². The van der Waals surface area contributed by atoms with Gasteiger partial charge in [0.15, 0.2) is 5.82 Å². The lowest BCUT2D eigenvalue weighted by atomic mass is 10.1. The highest BCUT2D eigenvalue weighted by molar-refractivity contribution is 5.79. The monoisotopic (exact) mass is 416 g/mol. The van der Waals surface area contributed by atoms with Gasteiger partial charge in [-0.25, -0.2) is 15.8 Å². The van der Waals surface area contributed by atoms with Crippen molar-refractivity contribution in [2.75, 3.05) is 31.1 Å². The Morgan fingerprint density at radius 3 is 2.71 bits per heavy atom. The Morgan fingerprint density at radius 2 is 1.90 bits per heavy atom. The molecule has 0 atom stereocenters. The van der Waals surface area contributed by atoms with E-state index in [0.717, 1.165) is 27.7 Å². The molecule has 0 saturated heterocycles. The van der Waals surface area contributed by atoms with Crippen molar-refractivity contribution in [2.45, 2.75) is 6.54 Å². The topological polar surface area (TPSA) is 112 Å². The SMILES string of the molecule is COCCOc1ccc(-c2ccc(N)c(N(N)Cc3ccc4ncccc4c3)n2)cn1. The molecule has 4 rings (SSSR count). The second-order valence-electron chi connectivity index (χ2n) is 6.99. The minimum Gasteiger partial charge on any atom is -0.475 e. The van der Waals surface area contributed by atoms with E-state index in [2.05, 4.69) is 21.0 Å². The highest BCUT2D eigenvalue weighted by atomic mass is 16.5. The first kappa shape index (κ1) is 20.5. The van der Waals surface area contributed by atoms with Crippen LogP contribution in [0.25, 0.3) is 22.2 Å². The second kappa shape index (κ2) is 9.38. The summed E-state index contributed by atoms with van der Waals surface area (Å²) < 4.78 is 10.5. The Morgan fingerprint density at radius 1 is 1.00 bits per heavy atom. The number of pyridine rings is 3. The average molecular weight is 416 g/mol. The van der Waals surface area contributed by atoms with Gasteiger partial charge < -0.3 is 15.2 Å². The van der Waals surface area contributed by atoms with Gasteiger partial charge in [0.1, 0.15) is 6.61 Å². The molecule has 3 aromatic heterocycles. The first-order chi connectivity index (χ1) is 15.1. The number of aromatic nitrogens is 3. The van der Waals surface area contributed by atoms with Crippen molar-refractivity contribution in [3.8, 4) is 17.1 Å². The zero-order valence-electron chi connectivity index (χ0n) is 17.2. The number of ether oxygens (including phenoxy) is 2. The fourth-order valence-electron chi connectivity index (χ4n) is 3.19. The maximum Gasteiger partial charge on any atom is 0.213 e. The van der Waals surface area contributed by atoms with Crippen molar-refractivity contribution >= 4 is 22.4 Å². The molecule has 0 bridgehead atoms. The van der Waals surface area contributed by atoms with E-state index < -0.39 is 0 Å². The number of hydrogen-bond acceptors (Lipinski definition) is 8. The molecule has 158 valence electrons. The van der Waals surface area contributed by atoms with Gasteiger partial charge in [-0.2, -0.15) is 0 Å². The largest absolute Gasteiger partial charge is 0.475 e. The number of anilines is 2. The van der Waals surface area contributed by atoms with Crippen LogP contribution in [0, 0.1) is 0 Å². The molecule has 0 unspecified atom stereocenters. The number of fused-ring (bicyclic) bond motifs is 1. The van der Waals surface area contributed by atoms with Gasteiger partial charge in [0.25, 0.3) is 0 Å². The molecule has 31 heavy (non-hydrogen) atoms. The highest BCUT2D eigenvalue weighted by Crippen LogP contribution is 2.26. The number of hydrogen-bond donors (Lipinski definition) is 2. The van der Waals surface area contributed by atoms with Crippen LogP contribution < -0.4 is 21.3 Å². The Labute approximate surface area is 180 Å². The van der Waals surface area contributed by atoms with Crippen LogP contribution >= 0.6 is 0 Å². The van der Waals surface area contributed by atoms with Crippen LogP contribution in [0.1, 0.15) is 5.56 Å². The molecule has 8 nitrogen and oxygen atoms in total. The molecular formula is C23H24N6O2. The predicted octanol–water partition coefficient (Wildman–Crippen LogP) is 3.18. The number of benzene rings is 1. The van der Waals surface area contributed by atoms with Gasteiger partial charge in [0, 0.05) is 36.5 Å². The number of methoxy groups -OCH3 is 1. The van der Waals surface area contributed by atoms with Crippen LogP contribution in [0.4, 0.5) is 11.5 Å². The van der Waals surface area contributed by atoms with Gasteiger partial charge in [-0.15, -0.1) is 0 Å². The third kappa shape index (κ3) is 4.88. The van der Waals surface area contributed by atoms with Crippen LogP contribution in [0.15, 0.2) is 67.0 Å². The van der Waals surface area contributed by atoms with Crippen LogP contribution in [-0.4, -0.2) is 35.3 Å². The molecule has 0 spiro atoms. The molecule has 0 fully saturated rings.